The highest BCUT2D eigenvalue weighted by atomic mass is 14.8. The lowest BCUT2D eigenvalue weighted by Crippen LogP contribution is -2.47. The molecular formula is C13H24. The Labute approximate surface area is 83.1 Å². The third-order valence-electron chi connectivity index (χ3n) is 7.06. The fraction of sp³-hybridized carbons (Fsp3) is 1.00. The van der Waals surface area contributed by atoms with E-state index in [-0.39, 0.29) is 0 Å². The van der Waals surface area contributed by atoms with Crippen LogP contribution in [0.25, 0.3) is 0 Å². The van der Waals surface area contributed by atoms with Crippen LogP contribution in [-0.4, -0.2) is 0 Å². The molecule has 0 aromatic heterocycles. The first-order valence-electron chi connectivity index (χ1n) is 5.61. The molecule has 0 saturated heterocycles. The van der Waals surface area contributed by atoms with Crippen molar-refractivity contribution in [3.8, 4) is 0 Å². The molecule has 3 aliphatic rings. The van der Waals surface area contributed by atoms with Crippen LogP contribution in [-0.2, 0) is 0 Å². The summed E-state index contributed by atoms with van der Waals surface area (Å²) in [6.45, 7) is 17.3. The highest BCUT2D eigenvalue weighted by Gasteiger charge is 2.78. The van der Waals surface area contributed by atoms with Gasteiger partial charge in [0.1, 0.15) is 0 Å². The van der Waals surface area contributed by atoms with E-state index in [4.69, 9.17) is 0 Å². The summed E-state index contributed by atoms with van der Waals surface area (Å²) in [5, 5.41) is 0. The lowest BCUT2D eigenvalue weighted by atomic mass is 9.50. The number of hydrogen-bond acceptors (Lipinski definition) is 0. The number of hydrogen-bond donors (Lipinski definition) is 0. The van der Waals surface area contributed by atoms with Crippen LogP contribution in [0.5, 0.6) is 0 Å². The molecule has 76 valence electrons. The number of fused-ring (bicyclic) bond motifs is 1. The molecule has 0 aliphatic heterocycles. The van der Waals surface area contributed by atoms with Gasteiger partial charge in [0.15, 0.2) is 0 Å². The molecule has 0 nitrogen and oxygen atoms in total. The van der Waals surface area contributed by atoms with Crippen molar-refractivity contribution in [3.63, 3.8) is 0 Å². The summed E-state index contributed by atoms with van der Waals surface area (Å²) in [6.07, 6.45) is 1.43. The summed E-state index contributed by atoms with van der Waals surface area (Å²) in [5.74, 6) is 0.894. The van der Waals surface area contributed by atoms with Crippen LogP contribution < -0.4 is 0 Å². The van der Waals surface area contributed by atoms with E-state index in [0.29, 0.717) is 21.7 Å². The third kappa shape index (κ3) is 0.593. The Morgan fingerprint density at radius 1 is 0.769 bits per heavy atom. The van der Waals surface area contributed by atoms with Gasteiger partial charge < -0.3 is 0 Å². The van der Waals surface area contributed by atoms with Crippen molar-refractivity contribution < 1.29 is 0 Å². The van der Waals surface area contributed by atoms with Gasteiger partial charge in [0.25, 0.3) is 0 Å². The maximum absolute atomic E-state index is 2.49. The summed E-state index contributed by atoms with van der Waals surface area (Å²) in [4.78, 5) is 0. The van der Waals surface area contributed by atoms with Crippen LogP contribution in [0.2, 0.25) is 0 Å². The Balaban J connectivity index is 2.57. The molecule has 0 aromatic rings. The fourth-order valence-corrected chi connectivity index (χ4v) is 4.59. The molecule has 0 aromatic carbocycles. The van der Waals surface area contributed by atoms with Gasteiger partial charge in [0, 0.05) is 0 Å². The minimum atomic E-state index is 0.494. The fourth-order valence-electron chi connectivity index (χ4n) is 4.59. The highest BCUT2D eigenvalue weighted by molar-refractivity contribution is 5.26. The molecule has 0 amide bonds. The van der Waals surface area contributed by atoms with Crippen LogP contribution >= 0.6 is 0 Å². The summed E-state index contributed by atoms with van der Waals surface area (Å²) in [7, 11) is 0. The molecule has 2 atom stereocenters. The molecule has 2 bridgehead atoms. The van der Waals surface area contributed by atoms with Crippen LogP contribution in [0.3, 0.4) is 0 Å². The summed E-state index contributed by atoms with van der Waals surface area (Å²) >= 11 is 0. The largest absolute Gasteiger partial charge is 0.0614 e. The SMILES string of the molecule is CC1C2(C)CC1(C)C(C)(C)C2(C)C. The van der Waals surface area contributed by atoms with Crippen LogP contribution in [0.15, 0.2) is 0 Å². The Morgan fingerprint density at radius 2 is 1.08 bits per heavy atom. The van der Waals surface area contributed by atoms with E-state index in [0.717, 1.165) is 5.92 Å². The summed E-state index contributed by atoms with van der Waals surface area (Å²) in [5.41, 5.74) is 2.17. The zero-order valence-corrected chi connectivity index (χ0v) is 10.3. The molecule has 3 rings (SSSR count). The van der Waals surface area contributed by atoms with E-state index in [1.165, 1.54) is 6.42 Å². The second-order valence-corrected chi connectivity index (χ2v) is 6.98. The topological polar surface area (TPSA) is 0 Å². The van der Waals surface area contributed by atoms with Crippen LogP contribution in [0, 0.1) is 27.6 Å². The van der Waals surface area contributed by atoms with Crippen molar-refractivity contribution in [1.29, 1.82) is 0 Å². The lowest BCUT2D eigenvalue weighted by molar-refractivity contribution is -0.0572. The average molecular weight is 180 g/mol. The van der Waals surface area contributed by atoms with Gasteiger partial charge in [0.2, 0.25) is 0 Å². The molecule has 3 fully saturated rings. The molecule has 0 heteroatoms. The second kappa shape index (κ2) is 1.85. The maximum atomic E-state index is 2.49. The smallest absolute Gasteiger partial charge is 0.0233 e. The van der Waals surface area contributed by atoms with E-state index in [1.54, 1.807) is 0 Å². The molecule has 0 heterocycles. The average Bonchev–Trinajstić information content (AvgIpc) is 2.14. The van der Waals surface area contributed by atoms with E-state index < -0.39 is 0 Å². The molecule has 13 heavy (non-hydrogen) atoms. The third-order valence-corrected chi connectivity index (χ3v) is 7.06. The number of rotatable bonds is 0. The van der Waals surface area contributed by atoms with E-state index in [2.05, 4.69) is 48.5 Å². The van der Waals surface area contributed by atoms with Gasteiger partial charge in [0.05, 0.1) is 0 Å². The van der Waals surface area contributed by atoms with Gasteiger partial charge in [-0.3, -0.25) is 0 Å². The van der Waals surface area contributed by atoms with Crippen molar-refractivity contribution in [2.45, 2.75) is 54.9 Å². The van der Waals surface area contributed by atoms with Crippen molar-refractivity contribution in [1.82, 2.24) is 0 Å². The second-order valence-electron chi connectivity index (χ2n) is 6.98. The Morgan fingerprint density at radius 3 is 1.15 bits per heavy atom. The van der Waals surface area contributed by atoms with Crippen molar-refractivity contribution in [3.05, 3.63) is 0 Å². The van der Waals surface area contributed by atoms with Crippen molar-refractivity contribution in [2.75, 3.05) is 0 Å². The summed E-state index contributed by atoms with van der Waals surface area (Å²) < 4.78 is 0. The van der Waals surface area contributed by atoms with Gasteiger partial charge >= 0.3 is 0 Å². The molecule has 3 aliphatic carbocycles. The Kier molecular flexibility index (Phi) is 1.36. The summed E-state index contributed by atoms with van der Waals surface area (Å²) in [6, 6.07) is 0. The normalized spacial score (nSPS) is 56.1. The van der Waals surface area contributed by atoms with Gasteiger partial charge in [-0.25, -0.2) is 0 Å². The van der Waals surface area contributed by atoms with Gasteiger partial charge in [-0.2, -0.15) is 0 Å². The molecule has 2 unspecified atom stereocenters. The van der Waals surface area contributed by atoms with Gasteiger partial charge in [-0.15, -0.1) is 0 Å². The van der Waals surface area contributed by atoms with E-state index in [1.807, 2.05) is 0 Å². The van der Waals surface area contributed by atoms with Crippen molar-refractivity contribution in [2.24, 2.45) is 27.6 Å². The predicted octanol–water partition coefficient (Wildman–Crippen LogP) is 4.10. The van der Waals surface area contributed by atoms with Crippen LogP contribution in [0.1, 0.15) is 54.9 Å². The molecular weight excluding hydrogens is 156 g/mol. The monoisotopic (exact) mass is 180 g/mol. The highest BCUT2D eigenvalue weighted by Crippen LogP contribution is 2.84. The first-order valence-corrected chi connectivity index (χ1v) is 5.61. The molecule has 3 saturated carbocycles. The van der Waals surface area contributed by atoms with E-state index in [9.17, 15) is 0 Å². The first-order chi connectivity index (χ1) is 5.61. The lowest BCUT2D eigenvalue weighted by Gasteiger charge is -2.54. The van der Waals surface area contributed by atoms with Gasteiger partial charge in [-0.05, 0) is 34.0 Å². The predicted molar refractivity (Wildman–Crippen MR) is 57.6 cm³/mol. The minimum Gasteiger partial charge on any atom is -0.0614 e. The molecule has 0 N–H and O–H groups in total. The van der Waals surface area contributed by atoms with Crippen LogP contribution in [0.4, 0.5) is 0 Å². The standard InChI is InChI=1S/C13H24/c1-9-12(6)8-13(9,7)11(4,5)10(12,2)3/h9H,8H2,1-7H3. The van der Waals surface area contributed by atoms with Crippen molar-refractivity contribution >= 4 is 0 Å². The first kappa shape index (κ1) is 9.55. The quantitative estimate of drug-likeness (QED) is 0.526. The molecule has 0 spiro atoms. The Bertz CT molecular complexity index is 235. The maximum Gasteiger partial charge on any atom is -0.0233 e. The molecule has 0 radical (unpaired) electrons. The van der Waals surface area contributed by atoms with Gasteiger partial charge in [-0.1, -0.05) is 48.5 Å². The Hall–Kier alpha value is 0. The zero-order valence-electron chi connectivity index (χ0n) is 10.3. The zero-order chi connectivity index (χ0) is 10.3. The minimum absolute atomic E-state index is 0.494. The van der Waals surface area contributed by atoms with E-state index >= 15 is 0 Å².